The first kappa shape index (κ1) is 27.2. The maximum absolute atomic E-state index is 12.5. The lowest BCUT2D eigenvalue weighted by Gasteiger charge is -2.24. The quantitative estimate of drug-likeness (QED) is 0.134. The normalized spacial score (nSPS) is 14.9. The highest BCUT2D eigenvalue weighted by molar-refractivity contribution is 5.94. The molecule has 0 aromatic rings. The smallest absolute Gasteiger partial charge is 0.326 e. The van der Waals surface area contributed by atoms with Gasteiger partial charge in [0.2, 0.25) is 23.6 Å². The van der Waals surface area contributed by atoms with Crippen LogP contribution in [0.3, 0.4) is 0 Å². The third-order valence-electron chi connectivity index (χ3n) is 3.98. The fourth-order valence-electron chi connectivity index (χ4n) is 2.35. The van der Waals surface area contributed by atoms with Crippen LogP contribution in [0.4, 0.5) is 0 Å². The van der Waals surface area contributed by atoms with Crippen molar-refractivity contribution in [3.63, 3.8) is 0 Å². The Kier molecular flexibility index (Phi) is 12.2. The maximum atomic E-state index is 12.5. The van der Waals surface area contributed by atoms with E-state index in [1.165, 1.54) is 0 Å². The minimum absolute atomic E-state index is 0.0438. The number of carboxylic acid groups (broad SMARTS) is 1. The third kappa shape index (κ3) is 10.1. The molecule has 172 valence electrons. The predicted octanol–water partition coefficient (Wildman–Crippen LogP) is -3.85. The van der Waals surface area contributed by atoms with Crippen molar-refractivity contribution >= 4 is 29.6 Å². The topological polar surface area (TPSA) is 234 Å². The standard InChI is InChI=1S/C17H31N5O8/c1-8(2)5-11(17(29)30)21-16(28)12(7-24)22-15(27)10(3-4-13(19)25)20-14(26)9(18)6-23/h8-12,23-24H,3-7,18H2,1-2H3,(H2,19,25)(H,20,26)(H,21,28)(H,22,27)(H,29,30). The molecule has 10 N–H and O–H groups in total. The largest absolute Gasteiger partial charge is 0.480 e. The fourth-order valence-corrected chi connectivity index (χ4v) is 2.35. The zero-order valence-electron chi connectivity index (χ0n) is 17.0. The Morgan fingerprint density at radius 2 is 1.33 bits per heavy atom. The third-order valence-corrected chi connectivity index (χ3v) is 3.98. The molecule has 0 saturated heterocycles. The first-order valence-electron chi connectivity index (χ1n) is 9.32. The van der Waals surface area contributed by atoms with Crippen molar-refractivity contribution in [1.29, 1.82) is 0 Å². The Labute approximate surface area is 173 Å². The van der Waals surface area contributed by atoms with E-state index in [1.807, 2.05) is 0 Å². The van der Waals surface area contributed by atoms with Crippen molar-refractivity contribution in [3.05, 3.63) is 0 Å². The Morgan fingerprint density at radius 3 is 1.77 bits per heavy atom. The number of carbonyl (C=O) groups is 5. The summed E-state index contributed by atoms with van der Waals surface area (Å²) in [6.45, 7) is 1.98. The fraction of sp³-hybridized carbons (Fsp3) is 0.706. The number of nitrogens with one attached hydrogen (secondary N) is 3. The molecule has 30 heavy (non-hydrogen) atoms. The molecular formula is C17H31N5O8. The number of aliphatic hydroxyl groups excluding tert-OH is 2. The van der Waals surface area contributed by atoms with Crippen LogP contribution in [-0.2, 0) is 24.0 Å². The van der Waals surface area contributed by atoms with Crippen molar-refractivity contribution in [2.24, 2.45) is 17.4 Å². The van der Waals surface area contributed by atoms with E-state index < -0.39 is 67.0 Å². The molecule has 0 spiro atoms. The predicted molar refractivity (Wildman–Crippen MR) is 103 cm³/mol. The Balaban J connectivity index is 5.24. The second kappa shape index (κ2) is 13.5. The highest BCUT2D eigenvalue weighted by Gasteiger charge is 2.30. The molecule has 0 aliphatic heterocycles. The van der Waals surface area contributed by atoms with Crippen LogP contribution in [0.5, 0.6) is 0 Å². The van der Waals surface area contributed by atoms with Gasteiger partial charge in [0.1, 0.15) is 24.2 Å². The average Bonchev–Trinajstić information content (AvgIpc) is 2.66. The summed E-state index contributed by atoms with van der Waals surface area (Å²) in [5.74, 6) is -4.81. The van der Waals surface area contributed by atoms with Crippen molar-refractivity contribution in [2.45, 2.75) is 57.3 Å². The van der Waals surface area contributed by atoms with Gasteiger partial charge in [0.05, 0.1) is 13.2 Å². The summed E-state index contributed by atoms with van der Waals surface area (Å²) in [6, 6.07) is -5.39. The van der Waals surface area contributed by atoms with Gasteiger partial charge in [-0.2, -0.15) is 0 Å². The summed E-state index contributed by atoms with van der Waals surface area (Å²) in [5.41, 5.74) is 10.4. The molecule has 4 unspecified atom stereocenters. The molecule has 0 aliphatic carbocycles. The lowest BCUT2D eigenvalue weighted by atomic mass is 10.0. The van der Waals surface area contributed by atoms with E-state index in [0.717, 1.165) is 0 Å². The van der Waals surface area contributed by atoms with E-state index in [4.69, 9.17) is 16.6 Å². The van der Waals surface area contributed by atoms with Crippen LogP contribution in [0.15, 0.2) is 0 Å². The lowest BCUT2D eigenvalue weighted by Crippen LogP contribution is -2.58. The minimum atomic E-state index is -1.51. The summed E-state index contributed by atoms with van der Waals surface area (Å²) < 4.78 is 0. The van der Waals surface area contributed by atoms with Gasteiger partial charge in [-0.25, -0.2) is 4.79 Å². The minimum Gasteiger partial charge on any atom is -0.480 e. The van der Waals surface area contributed by atoms with Crippen molar-refractivity contribution < 1.29 is 39.3 Å². The molecular weight excluding hydrogens is 402 g/mol. The monoisotopic (exact) mass is 433 g/mol. The van der Waals surface area contributed by atoms with E-state index in [2.05, 4.69) is 16.0 Å². The van der Waals surface area contributed by atoms with E-state index in [0.29, 0.717) is 0 Å². The van der Waals surface area contributed by atoms with Crippen LogP contribution in [0.2, 0.25) is 0 Å². The van der Waals surface area contributed by atoms with E-state index in [-0.39, 0.29) is 25.2 Å². The molecule has 0 rings (SSSR count). The molecule has 4 atom stereocenters. The highest BCUT2D eigenvalue weighted by atomic mass is 16.4. The number of aliphatic carboxylic acids is 1. The SMILES string of the molecule is CC(C)CC(NC(=O)C(CO)NC(=O)C(CCC(N)=O)NC(=O)C(N)CO)C(=O)O. The average molecular weight is 433 g/mol. The molecule has 0 saturated carbocycles. The van der Waals surface area contributed by atoms with Crippen LogP contribution in [0.1, 0.15) is 33.1 Å². The van der Waals surface area contributed by atoms with Gasteiger partial charge in [0.15, 0.2) is 0 Å². The number of amides is 4. The van der Waals surface area contributed by atoms with E-state index >= 15 is 0 Å². The molecule has 0 aromatic heterocycles. The summed E-state index contributed by atoms with van der Waals surface area (Å²) in [4.78, 5) is 59.0. The van der Waals surface area contributed by atoms with Gasteiger partial charge in [-0.05, 0) is 18.8 Å². The van der Waals surface area contributed by atoms with Crippen LogP contribution >= 0.6 is 0 Å². The Bertz CT molecular complexity index is 627. The molecule has 0 heterocycles. The molecule has 4 amide bonds. The molecule has 0 fully saturated rings. The lowest BCUT2D eigenvalue weighted by molar-refractivity contribution is -0.143. The number of carboxylic acids is 1. The Hall–Kier alpha value is -2.77. The molecule has 13 heteroatoms. The number of aliphatic hydroxyl groups is 2. The van der Waals surface area contributed by atoms with Crippen molar-refractivity contribution in [2.75, 3.05) is 13.2 Å². The highest BCUT2D eigenvalue weighted by Crippen LogP contribution is 2.06. The number of hydrogen-bond acceptors (Lipinski definition) is 8. The first-order valence-corrected chi connectivity index (χ1v) is 9.32. The van der Waals surface area contributed by atoms with Crippen LogP contribution in [0, 0.1) is 5.92 Å². The number of primary amides is 1. The number of nitrogens with two attached hydrogens (primary N) is 2. The Morgan fingerprint density at radius 1 is 0.833 bits per heavy atom. The van der Waals surface area contributed by atoms with Gasteiger partial charge >= 0.3 is 5.97 Å². The summed E-state index contributed by atoms with van der Waals surface area (Å²) in [6.07, 6.45) is -0.377. The maximum Gasteiger partial charge on any atom is 0.326 e. The van der Waals surface area contributed by atoms with Gasteiger partial charge in [-0.3, -0.25) is 19.2 Å². The second-order valence-corrected chi connectivity index (χ2v) is 7.13. The van der Waals surface area contributed by atoms with Crippen molar-refractivity contribution in [1.82, 2.24) is 16.0 Å². The van der Waals surface area contributed by atoms with Crippen LogP contribution < -0.4 is 27.4 Å². The van der Waals surface area contributed by atoms with Gasteiger partial charge < -0.3 is 42.7 Å². The van der Waals surface area contributed by atoms with Crippen molar-refractivity contribution in [3.8, 4) is 0 Å². The van der Waals surface area contributed by atoms with E-state index in [1.54, 1.807) is 13.8 Å². The molecule has 0 aliphatic rings. The zero-order chi connectivity index (χ0) is 23.4. The van der Waals surface area contributed by atoms with Crippen LogP contribution in [-0.4, -0.2) is 82.3 Å². The zero-order valence-corrected chi connectivity index (χ0v) is 17.0. The molecule has 0 radical (unpaired) electrons. The summed E-state index contributed by atoms with van der Waals surface area (Å²) in [7, 11) is 0. The molecule has 13 nitrogen and oxygen atoms in total. The number of rotatable bonds is 14. The van der Waals surface area contributed by atoms with Gasteiger partial charge in [-0.1, -0.05) is 13.8 Å². The first-order chi connectivity index (χ1) is 13.9. The van der Waals surface area contributed by atoms with Gasteiger partial charge in [0.25, 0.3) is 0 Å². The second-order valence-electron chi connectivity index (χ2n) is 7.13. The summed E-state index contributed by atoms with van der Waals surface area (Å²) >= 11 is 0. The van der Waals surface area contributed by atoms with E-state index in [9.17, 15) is 34.2 Å². The number of carbonyl (C=O) groups excluding carboxylic acids is 4. The molecule has 0 bridgehead atoms. The number of hydrogen-bond donors (Lipinski definition) is 8. The van der Waals surface area contributed by atoms with Gasteiger partial charge in [-0.15, -0.1) is 0 Å². The molecule has 0 aromatic carbocycles. The van der Waals surface area contributed by atoms with Crippen LogP contribution in [0.25, 0.3) is 0 Å². The van der Waals surface area contributed by atoms with Gasteiger partial charge in [0, 0.05) is 6.42 Å². The summed E-state index contributed by atoms with van der Waals surface area (Å²) in [5, 5.41) is 34.2.